The van der Waals surface area contributed by atoms with Crippen LogP contribution < -0.4 is 0 Å². The molecule has 4 heteroatoms. The zero-order valence-corrected chi connectivity index (χ0v) is 16.5. The number of benzene rings is 3. The summed E-state index contributed by atoms with van der Waals surface area (Å²) < 4.78 is 2.02. The van der Waals surface area contributed by atoms with Crippen molar-refractivity contribution in [3.63, 3.8) is 0 Å². The Bertz CT molecular complexity index is 1440. The van der Waals surface area contributed by atoms with Crippen LogP contribution in [0.4, 0.5) is 0 Å². The number of aryl methyl sites for hydroxylation is 3. The molecule has 5 rings (SSSR count). The van der Waals surface area contributed by atoms with Crippen molar-refractivity contribution in [3.8, 4) is 11.3 Å². The third kappa shape index (κ3) is 2.46. The third-order valence-electron chi connectivity index (χ3n) is 5.65. The summed E-state index contributed by atoms with van der Waals surface area (Å²) in [6.45, 7) is 6.10. The lowest BCUT2D eigenvalue weighted by molar-refractivity contribution is 0.0692. The normalized spacial score (nSPS) is 11.6. The van der Waals surface area contributed by atoms with Gasteiger partial charge in [0.05, 0.1) is 11.2 Å². The molecule has 0 atom stereocenters. The molecule has 5 aromatic rings. The minimum absolute atomic E-state index is 0.0839. The van der Waals surface area contributed by atoms with E-state index >= 15 is 0 Å². The molecule has 0 fully saturated rings. The Balaban J connectivity index is 2.13. The fraction of sp³-hybridized carbons (Fsp3) is 0.120. The van der Waals surface area contributed by atoms with Crippen molar-refractivity contribution in [1.29, 1.82) is 0 Å². The molecule has 0 amide bonds. The average Bonchev–Trinajstić information content (AvgIpc) is 3.09. The van der Waals surface area contributed by atoms with Crippen molar-refractivity contribution in [2.75, 3.05) is 0 Å². The molecule has 2 aromatic heterocycles. The Morgan fingerprint density at radius 2 is 1.55 bits per heavy atom. The van der Waals surface area contributed by atoms with Gasteiger partial charge in [0.2, 0.25) is 0 Å². The molecule has 0 bridgehead atoms. The Hall–Kier alpha value is -3.66. The van der Waals surface area contributed by atoms with Gasteiger partial charge in [0, 0.05) is 16.3 Å². The van der Waals surface area contributed by atoms with E-state index in [-0.39, 0.29) is 5.69 Å². The standard InChI is InChI=1S/C25H20N2O2/c1-14-11-12-20-19(13-14)17-9-4-5-10-18(17)24-26-22(25(28)29)23(27(20)24)21-15(2)7-6-8-16(21)3/h4-13H,1-3H3,(H,28,29). The molecular formula is C25H20N2O2. The molecule has 142 valence electrons. The Morgan fingerprint density at radius 1 is 0.862 bits per heavy atom. The van der Waals surface area contributed by atoms with Crippen molar-refractivity contribution in [2.24, 2.45) is 0 Å². The van der Waals surface area contributed by atoms with Crippen molar-refractivity contribution >= 4 is 33.3 Å². The highest BCUT2D eigenvalue weighted by Crippen LogP contribution is 2.37. The van der Waals surface area contributed by atoms with Gasteiger partial charge in [-0.3, -0.25) is 4.40 Å². The maximum Gasteiger partial charge on any atom is 0.356 e. The maximum absolute atomic E-state index is 12.2. The number of aromatic carboxylic acids is 1. The summed E-state index contributed by atoms with van der Waals surface area (Å²) in [4.78, 5) is 16.9. The third-order valence-corrected chi connectivity index (χ3v) is 5.65. The largest absolute Gasteiger partial charge is 0.476 e. The fourth-order valence-corrected chi connectivity index (χ4v) is 4.38. The summed E-state index contributed by atoms with van der Waals surface area (Å²) in [6.07, 6.45) is 0. The lowest BCUT2D eigenvalue weighted by Crippen LogP contribution is -2.03. The molecule has 1 N–H and O–H groups in total. The van der Waals surface area contributed by atoms with E-state index in [2.05, 4.69) is 36.2 Å². The van der Waals surface area contributed by atoms with Crippen LogP contribution in [0, 0.1) is 20.8 Å². The van der Waals surface area contributed by atoms with Crippen LogP contribution in [0.3, 0.4) is 0 Å². The van der Waals surface area contributed by atoms with E-state index in [0.29, 0.717) is 11.3 Å². The van der Waals surface area contributed by atoms with Crippen LogP contribution in [-0.2, 0) is 0 Å². The van der Waals surface area contributed by atoms with Crippen LogP contribution in [-0.4, -0.2) is 20.5 Å². The summed E-state index contributed by atoms with van der Waals surface area (Å²) in [5.74, 6) is -1.02. The molecular weight excluding hydrogens is 360 g/mol. The van der Waals surface area contributed by atoms with E-state index < -0.39 is 5.97 Å². The van der Waals surface area contributed by atoms with Gasteiger partial charge in [-0.15, -0.1) is 0 Å². The highest BCUT2D eigenvalue weighted by atomic mass is 16.4. The van der Waals surface area contributed by atoms with Gasteiger partial charge < -0.3 is 5.11 Å². The van der Waals surface area contributed by atoms with Gasteiger partial charge in [-0.25, -0.2) is 9.78 Å². The second kappa shape index (κ2) is 6.17. The lowest BCUT2D eigenvalue weighted by Gasteiger charge is -2.14. The highest BCUT2D eigenvalue weighted by molar-refractivity contribution is 6.13. The second-order valence-corrected chi connectivity index (χ2v) is 7.61. The number of hydrogen-bond acceptors (Lipinski definition) is 2. The number of imidazole rings is 1. The van der Waals surface area contributed by atoms with E-state index in [1.165, 1.54) is 0 Å². The number of fused-ring (bicyclic) bond motifs is 6. The Labute approximate surface area is 168 Å². The number of hydrogen-bond donors (Lipinski definition) is 1. The summed E-state index contributed by atoms with van der Waals surface area (Å²) in [5.41, 5.74) is 6.51. The summed E-state index contributed by atoms with van der Waals surface area (Å²) in [6, 6.07) is 20.4. The summed E-state index contributed by atoms with van der Waals surface area (Å²) >= 11 is 0. The molecule has 0 aliphatic rings. The number of rotatable bonds is 2. The Morgan fingerprint density at radius 3 is 2.24 bits per heavy atom. The molecule has 29 heavy (non-hydrogen) atoms. The first kappa shape index (κ1) is 17.4. The van der Waals surface area contributed by atoms with Crippen LogP contribution in [0.2, 0.25) is 0 Å². The fourth-order valence-electron chi connectivity index (χ4n) is 4.38. The van der Waals surface area contributed by atoms with Gasteiger partial charge in [-0.1, -0.05) is 54.1 Å². The summed E-state index contributed by atoms with van der Waals surface area (Å²) in [7, 11) is 0. The SMILES string of the molecule is Cc1ccc2c(c1)c1ccccc1c1nc(C(=O)O)c(-c3c(C)cccc3C)n21. The molecule has 0 aliphatic carbocycles. The van der Waals surface area contributed by atoms with Gasteiger partial charge in [0.15, 0.2) is 5.69 Å². The number of pyridine rings is 1. The monoisotopic (exact) mass is 380 g/mol. The van der Waals surface area contributed by atoms with E-state index in [1.807, 2.05) is 54.6 Å². The highest BCUT2D eigenvalue weighted by Gasteiger charge is 2.25. The minimum atomic E-state index is -1.02. The number of carboxylic acids is 1. The second-order valence-electron chi connectivity index (χ2n) is 7.61. The molecule has 0 radical (unpaired) electrons. The first-order valence-electron chi connectivity index (χ1n) is 9.61. The molecule has 0 saturated carbocycles. The molecule has 0 unspecified atom stereocenters. The predicted octanol–water partition coefficient (Wildman–Crippen LogP) is 5.93. The van der Waals surface area contributed by atoms with Crippen LogP contribution in [0.15, 0.2) is 60.7 Å². The molecule has 0 spiro atoms. The van der Waals surface area contributed by atoms with Gasteiger partial charge in [-0.2, -0.15) is 0 Å². The lowest BCUT2D eigenvalue weighted by atomic mass is 9.98. The minimum Gasteiger partial charge on any atom is -0.476 e. The van der Waals surface area contributed by atoms with Gasteiger partial charge in [0.1, 0.15) is 5.65 Å². The quantitative estimate of drug-likeness (QED) is 0.386. The van der Waals surface area contributed by atoms with E-state index in [4.69, 9.17) is 0 Å². The number of carboxylic acid groups (broad SMARTS) is 1. The molecule has 4 nitrogen and oxygen atoms in total. The Kier molecular flexibility index (Phi) is 3.71. The van der Waals surface area contributed by atoms with Crippen molar-refractivity contribution in [3.05, 3.63) is 83.0 Å². The van der Waals surface area contributed by atoms with Crippen molar-refractivity contribution < 1.29 is 9.90 Å². The molecule has 0 saturated heterocycles. The topological polar surface area (TPSA) is 54.6 Å². The zero-order chi connectivity index (χ0) is 20.3. The molecule has 0 aliphatic heterocycles. The number of aromatic nitrogens is 2. The smallest absolute Gasteiger partial charge is 0.356 e. The van der Waals surface area contributed by atoms with Gasteiger partial charge >= 0.3 is 5.97 Å². The summed E-state index contributed by atoms with van der Waals surface area (Å²) in [5, 5.41) is 13.1. The molecule has 3 aromatic carbocycles. The van der Waals surface area contributed by atoms with Crippen LogP contribution in [0.25, 0.3) is 38.6 Å². The maximum atomic E-state index is 12.2. The first-order chi connectivity index (χ1) is 14.0. The van der Waals surface area contributed by atoms with E-state index in [9.17, 15) is 9.90 Å². The van der Waals surface area contributed by atoms with E-state index in [0.717, 1.165) is 43.9 Å². The number of carbonyl (C=O) groups is 1. The van der Waals surface area contributed by atoms with Crippen molar-refractivity contribution in [1.82, 2.24) is 9.38 Å². The first-order valence-corrected chi connectivity index (χ1v) is 9.61. The zero-order valence-electron chi connectivity index (χ0n) is 16.5. The van der Waals surface area contributed by atoms with Crippen molar-refractivity contribution in [2.45, 2.75) is 20.8 Å². The predicted molar refractivity (Wildman–Crippen MR) is 117 cm³/mol. The van der Waals surface area contributed by atoms with Crippen LogP contribution >= 0.6 is 0 Å². The van der Waals surface area contributed by atoms with Crippen LogP contribution in [0.5, 0.6) is 0 Å². The van der Waals surface area contributed by atoms with Gasteiger partial charge in [0.25, 0.3) is 0 Å². The van der Waals surface area contributed by atoms with E-state index in [1.54, 1.807) is 0 Å². The average molecular weight is 380 g/mol. The van der Waals surface area contributed by atoms with Crippen LogP contribution in [0.1, 0.15) is 27.2 Å². The number of nitrogens with zero attached hydrogens (tertiary/aromatic N) is 2. The molecule has 2 heterocycles. The van der Waals surface area contributed by atoms with Gasteiger partial charge in [-0.05, 0) is 49.4 Å².